The fourth-order valence-electron chi connectivity index (χ4n) is 4.47. The summed E-state index contributed by atoms with van der Waals surface area (Å²) >= 11 is 1.54. The maximum atomic E-state index is 13.3. The van der Waals surface area contributed by atoms with Gasteiger partial charge in [0.15, 0.2) is 10.8 Å². The predicted octanol–water partition coefficient (Wildman–Crippen LogP) is 2.17. The van der Waals surface area contributed by atoms with E-state index in [0.717, 1.165) is 31.6 Å². The zero-order valence-electron chi connectivity index (χ0n) is 17.8. The topological polar surface area (TPSA) is 76.3 Å². The summed E-state index contributed by atoms with van der Waals surface area (Å²) in [5.74, 6) is 0.778. The van der Waals surface area contributed by atoms with E-state index in [1.807, 2.05) is 42.3 Å². The third-order valence-corrected chi connectivity index (χ3v) is 7.51. The Kier molecular flexibility index (Phi) is 5.31. The zero-order chi connectivity index (χ0) is 21.5. The van der Waals surface area contributed by atoms with Gasteiger partial charge < -0.3 is 9.80 Å². The van der Waals surface area contributed by atoms with E-state index in [2.05, 4.69) is 17.0 Å². The number of hydrogen-bond donors (Lipinski definition) is 0. The maximum Gasteiger partial charge on any atom is 0.265 e. The highest BCUT2D eigenvalue weighted by molar-refractivity contribution is 7.99. The number of rotatable bonds is 4. The molecule has 0 saturated carbocycles. The van der Waals surface area contributed by atoms with Crippen LogP contribution < -0.4 is 5.56 Å². The van der Waals surface area contributed by atoms with Crippen LogP contribution in [-0.4, -0.2) is 74.0 Å². The molecule has 1 fully saturated rings. The number of hydrogen-bond acceptors (Lipinski definition) is 6. The second-order valence-electron chi connectivity index (χ2n) is 8.41. The zero-order valence-corrected chi connectivity index (χ0v) is 18.6. The highest BCUT2D eigenvalue weighted by Crippen LogP contribution is 2.34. The van der Waals surface area contributed by atoms with Gasteiger partial charge in [-0.15, -0.1) is 0 Å². The van der Waals surface area contributed by atoms with Crippen molar-refractivity contribution < 1.29 is 4.79 Å². The molecule has 3 aromatic rings. The summed E-state index contributed by atoms with van der Waals surface area (Å²) in [6.07, 6.45) is 3.89. The highest BCUT2D eigenvalue weighted by atomic mass is 32.2. The molecule has 1 unspecified atom stereocenters. The quantitative estimate of drug-likeness (QED) is 0.581. The fourth-order valence-corrected chi connectivity index (χ4v) is 5.60. The van der Waals surface area contributed by atoms with Crippen LogP contribution in [0.15, 0.2) is 46.5 Å². The van der Waals surface area contributed by atoms with Crippen molar-refractivity contribution in [2.45, 2.75) is 36.5 Å². The molecular weight excluding hydrogens is 412 g/mol. The summed E-state index contributed by atoms with van der Waals surface area (Å²) in [4.78, 5) is 35.2. The van der Waals surface area contributed by atoms with Crippen LogP contribution in [0.2, 0.25) is 0 Å². The molecule has 0 radical (unpaired) electrons. The van der Waals surface area contributed by atoms with E-state index >= 15 is 0 Å². The number of piperidine rings is 1. The number of amides is 1. The molecular formula is C22H26N6O2S. The molecule has 8 nitrogen and oxygen atoms in total. The Labute approximate surface area is 184 Å². The van der Waals surface area contributed by atoms with E-state index in [4.69, 9.17) is 4.98 Å². The molecule has 2 aromatic heterocycles. The van der Waals surface area contributed by atoms with E-state index < -0.39 is 0 Å². The van der Waals surface area contributed by atoms with Crippen molar-refractivity contribution in [2.75, 3.05) is 32.9 Å². The van der Waals surface area contributed by atoms with E-state index in [0.29, 0.717) is 28.4 Å². The summed E-state index contributed by atoms with van der Waals surface area (Å²) in [7, 11) is 4.01. The lowest BCUT2D eigenvalue weighted by Gasteiger charge is -2.35. The summed E-state index contributed by atoms with van der Waals surface area (Å²) in [6.45, 7) is 2.02. The molecule has 2 aliphatic rings. The van der Waals surface area contributed by atoms with Crippen LogP contribution >= 0.6 is 11.8 Å². The standard InChI is InChI=1S/C22H26N6O2S/c1-25-10-8-15(9-11-25)26(2)19(29)12-17-14-31-22-24-20-18(21(30)27(17)22)13-23-28(20)16-6-4-3-5-7-16/h3-7,13,15,17H,8-12,14H2,1-2H3. The minimum atomic E-state index is -0.175. The molecule has 5 rings (SSSR count). The first-order valence-electron chi connectivity index (χ1n) is 10.7. The van der Waals surface area contributed by atoms with Gasteiger partial charge in [0, 0.05) is 25.3 Å². The first-order chi connectivity index (χ1) is 15.0. The first kappa shape index (κ1) is 20.3. The third kappa shape index (κ3) is 3.65. The van der Waals surface area contributed by atoms with Crippen molar-refractivity contribution >= 4 is 28.7 Å². The molecule has 0 N–H and O–H groups in total. The second-order valence-corrected chi connectivity index (χ2v) is 9.39. The maximum absolute atomic E-state index is 13.3. The Morgan fingerprint density at radius 1 is 1.23 bits per heavy atom. The molecule has 2 aliphatic heterocycles. The highest BCUT2D eigenvalue weighted by Gasteiger charge is 2.32. The number of thioether (sulfide) groups is 1. The Balaban J connectivity index is 1.40. The van der Waals surface area contributed by atoms with Crippen molar-refractivity contribution in [3.63, 3.8) is 0 Å². The number of para-hydroxylation sites is 1. The summed E-state index contributed by atoms with van der Waals surface area (Å²) < 4.78 is 3.40. The average Bonchev–Trinajstić information content (AvgIpc) is 3.39. The van der Waals surface area contributed by atoms with Gasteiger partial charge in [-0.05, 0) is 45.1 Å². The molecule has 1 atom stereocenters. The lowest BCUT2D eigenvalue weighted by atomic mass is 10.0. The second kappa shape index (κ2) is 8.12. The van der Waals surface area contributed by atoms with E-state index in [1.54, 1.807) is 15.4 Å². The number of carbonyl (C=O) groups excluding carboxylic acids is 1. The normalized spacial score (nSPS) is 19.6. The number of benzene rings is 1. The lowest BCUT2D eigenvalue weighted by molar-refractivity contribution is -0.133. The summed E-state index contributed by atoms with van der Waals surface area (Å²) in [5, 5.41) is 5.55. The molecule has 1 aromatic carbocycles. The molecule has 1 amide bonds. The van der Waals surface area contributed by atoms with Crippen LogP contribution in [0.25, 0.3) is 16.7 Å². The van der Waals surface area contributed by atoms with Crippen LogP contribution in [-0.2, 0) is 4.79 Å². The lowest BCUT2D eigenvalue weighted by Crippen LogP contribution is -2.45. The molecule has 162 valence electrons. The van der Waals surface area contributed by atoms with Crippen LogP contribution in [0.4, 0.5) is 0 Å². The molecule has 31 heavy (non-hydrogen) atoms. The van der Waals surface area contributed by atoms with Crippen LogP contribution in [0, 0.1) is 0 Å². The van der Waals surface area contributed by atoms with Gasteiger partial charge in [-0.25, -0.2) is 9.67 Å². The van der Waals surface area contributed by atoms with Gasteiger partial charge in [0.1, 0.15) is 5.39 Å². The molecule has 4 heterocycles. The summed E-state index contributed by atoms with van der Waals surface area (Å²) in [5.41, 5.74) is 1.31. The number of carbonyl (C=O) groups is 1. The van der Waals surface area contributed by atoms with Crippen LogP contribution in [0.3, 0.4) is 0 Å². The number of aromatic nitrogens is 4. The fraction of sp³-hybridized carbons (Fsp3) is 0.455. The minimum absolute atomic E-state index is 0.0972. The predicted molar refractivity (Wildman–Crippen MR) is 121 cm³/mol. The van der Waals surface area contributed by atoms with Crippen LogP contribution in [0.1, 0.15) is 25.3 Å². The van der Waals surface area contributed by atoms with Crippen molar-refractivity contribution in [3.8, 4) is 5.69 Å². The van der Waals surface area contributed by atoms with Crippen molar-refractivity contribution in [3.05, 3.63) is 46.9 Å². The number of likely N-dealkylation sites (tertiary alicyclic amines) is 1. The van der Waals surface area contributed by atoms with E-state index in [1.165, 1.54) is 11.8 Å². The Morgan fingerprint density at radius 2 is 1.97 bits per heavy atom. The number of fused-ring (bicyclic) bond motifs is 2. The number of nitrogens with zero attached hydrogens (tertiary/aromatic N) is 6. The molecule has 9 heteroatoms. The molecule has 0 bridgehead atoms. The Bertz CT molecular complexity index is 1170. The van der Waals surface area contributed by atoms with Gasteiger partial charge in [0.05, 0.1) is 17.9 Å². The van der Waals surface area contributed by atoms with Crippen LogP contribution in [0.5, 0.6) is 0 Å². The minimum Gasteiger partial charge on any atom is -0.343 e. The molecule has 0 spiro atoms. The van der Waals surface area contributed by atoms with E-state index in [9.17, 15) is 9.59 Å². The van der Waals surface area contributed by atoms with Gasteiger partial charge >= 0.3 is 0 Å². The van der Waals surface area contributed by atoms with Gasteiger partial charge in [-0.2, -0.15) is 5.10 Å². The largest absolute Gasteiger partial charge is 0.343 e. The summed E-state index contributed by atoms with van der Waals surface area (Å²) in [6, 6.07) is 9.78. The third-order valence-electron chi connectivity index (χ3n) is 6.41. The van der Waals surface area contributed by atoms with Gasteiger partial charge in [0.25, 0.3) is 5.56 Å². The average molecular weight is 439 g/mol. The van der Waals surface area contributed by atoms with Gasteiger partial charge in [-0.3, -0.25) is 14.2 Å². The Hall–Kier alpha value is -2.65. The SMILES string of the molecule is CN1CCC(N(C)C(=O)CC2CSc3nc4c(cnn4-c4ccccc4)c(=O)n32)CC1. The van der Waals surface area contributed by atoms with Gasteiger partial charge in [-0.1, -0.05) is 30.0 Å². The smallest absolute Gasteiger partial charge is 0.265 e. The van der Waals surface area contributed by atoms with Crippen molar-refractivity contribution in [1.82, 2.24) is 29.1 Å². The monoisotopic (exact) mass is 438 g/mol. The van der Waals surface area contributed by atoms with Crippen molar-refractivity contribution in [2.24, 2.45) is 0 Å². The molecule has 0 aliphatic carbocycles. The molecule has 1 saturated heterocycles. The first-order valence-corrected chi connectivity index (χ1v) is 11.6. The van der Waals surface area contributed by atoms with Gasteiger partial charge in [0.2, 0.25) is 5.91 Å². The van der Waals surface area contributed by atoms with Crippen molar-refractivity contribution in [1.29, 1.82) is 0 Å². The van der Waals surface area contributed by atoms with E-state index in [-0.39, 0.29) is 23.6 Å². The Morgan fingerprint density at radius 3 is 2.71 bits per heavy atom.